The van der Waals surface area contributed by atoms with Crippen LogP contribution in [0, 0.1) is 6.92 Å². The Morgan fingerprint density at radius 1 is 1.44 bits per heavy atom. The van der Waals surface area contributed by atoms with Crippen LogP contribution in [0.15, 0.2) is 16.6 Å². The van der Waals surface area contributed by atoms with Crippen molar-refractivity contribution in [3.63, 3.8) is 0 Å². The fraction of sp³-hybridized carbons (Fsp3) is 0.250. The zero-order valence-electron chi connectivity index (χ0n) is 9.35. The summed E-state index contributed by atoms with van der Waals surface area (Å²) in [5.74, 6) is 0.795. The smallest absolute Gasteiger partial charge is 0.162 e. The number of aromatic amines is 1. The van der Waals surface area contributed by atoms with E-state index in [1.807, 2.05) is 19.1 Å². The lowest BCUT2D eigenvalue weighted by atomic mass is 10.1. The number of carbonyl (C=O) groups is 1. The van der Waals surface area contributed by atoms with Crippen molar-refractivity contribution in [2.24, 2.45) is 0 Å². The molecule has 16 heavy (non-hydrogen) atoms. The average molecular weight is 282 g/mol. The van der Waals surface area contributed by atoms with E-state index in [2.05, 4.69) is 20.9 Å². The average Bonchev–Trinajstić information content (AvgIpc) is 2.52. The molecule has 1 aromatic carbocycles. The number of Topliss-reactive ketones (excluding diaryl/α,β-unsaturated/α-hetero) is 1. The van der Waals surface area contributed by atoms with Gasteiger partial charge in [0.05, 0.1) is 12.6 Å². The minimum Gasteiger partial charge on any atom is -0.495 e. The molecule has 84 valence electrons. The summed E-state index contributed by atoms with van der Waals surface area (Å²) in [5.41, 5.74) is 2.47. The lowest BCUT2D eigenvalue weighted by Gasteiger charge is -2.02. The Balaban J connectivity index is 2.89. The molecule has 1 N–H and O–H groups in total. The van der Waals surface area contributed by atoms with Gasteiger partial charge in [0.1, 0.15) is 5.75 Å². The third kappa shape index (κ3) is 1.63. The topological polar surface area (TPSA) is 42.1 Å². The molecule has 0 atom stereocenters. The summed E-state index contributed by atoms with van der Waals surface area (Å²) in [5, 5.41) is 0.899. The standard InChI is InChI=1S/C12H12BrNO2/c1-6-11(7(2)15)9-4-8(13)5-10(16-3)12(9)14-6/h4-5,14H,1-3H3. The van der Waals surface area contributed by atoms with E-state index in [0.717, 1.165) is 32.4 Å². The number of hydrogen-bond donors (Lipinski definition) is 1. The number of fused-ring (bicyclic) bond motifs is 1. The number of aryl methyl sites for hydroxylation is 1. The Labute approximate surface area is 102 Å². The number of hydrogen-bond acceptors (Lipinski definition) is 2. The second-order valence-electron chi connectivity index (χ2n) is 3.71. The minimum atomic E-state index is 0.0592. The summed E-state index contributed by atoms with van der Waals surface area (Å²) in [7, 11) is 1.62. The van der Waals surface area contributed by atoms with Crippen LogP contribution in [-0.4, -0.2) is 17.9 Å². The predicted octanol–water partition coefficient (Wildman–Crippen LogP) is 3.45. The summed E-state index contributed by atoms with van der Waals surface area (Å²) < 4.78 is 6.19. The number of methoxy groups -OCH3 is 1. The highest BCUT2D eigenvalue weighted by molar-refractivity contribution is 9.10. The minimum absolute atomic E-state index is 0.0592. The number of nitrogens with one attached hydrogen (secondary N) is 1. The van der Waals surface area contributed by atoms with Crippen molar-refractivity contribution in [1.29, 1.82) is 0 Å². The van der Waals surface area contributed by atoms with Gasteiger partial charge in [-0.15, -0.1) is 0 Å². The van der Waals surface area contributed by atoms with Gasteiger partial charge in [0.2, 0.25) is 0 Å². The quantitative estimate of drug-likeness (QED) is 0.857. The van der Waals surface area contributed by atoms with Crippen molar-refractivity contribution < 1.29 is 9.53 Å². The van der Waals surface area contributed by atoms with Crippen LogP contribution in [0.2, 0.25) is 0 Å². The second kappa shape index (κ2) is 3.94. The molecular weight excluding hydrogens is 270 g/mol. The third-order valence-electron chi connectivity index (χ3n) is 2.60. The monoisotopic (exact) mass is 281 g/mol. The largest absolute Gasteiger partial charge is 0.495 e. The van der Waals surface area contributed by atoms with Gasteiger partial charge in [-0.25, -0.2) is 0 Å². The van der Waals surface area contributed by atoms with Gasteiger partial charge in [0.25, 0.3) is 0 Å². The van der Waals surface area contributed by atoms with E-state index in [4.69, 9.17) is 4.74 Å². The Morgan fingerprint density at radius 2 is 2.12 bits per heavy atom. The van der Waals surface area contributed by atoms with E-state index in [9.17, 15) is 4.79 Å². The van der Waals surface area contributed by atoms with Crippen LogP contribution in [0.25, 0.3) is 10.9 Å². The van der Waals surface area contributed by atoms with Gasteiger partial charge >= 0.3 is 0 Å². The molecule has 0 amide bonds. The van der Waals surface area contributed by atoms with E-state index in [0.29, 0.717) is 0 Å². The number of ether oxygens (including phenoxy) is 1. The lowest BCUT2D eigenvalue weighted by Crippen LogP contribution is -1.92. The molecule has 0 spiro atoms. The van der Waals surface area contributed by atoms with Crippen LogP contribution in [-0.2, 0) is 0 Å². The maximum Gasteiger partial charge on any atom is 0.162 e. The van der Waals surface area contributed by atoms with Crippen molar-refractivity contribution in [3.8, 4) is 5.75 Å². The first-order valence-corrected chi connectivity index (χ1v) is 5.70. The molecule has 2 rings (SSSR count). The van der Waals surface area contributed by atoms with Crippen LogP contribution in [0.3, 0.4) is 0 Å². The third-order valence-corrected chi connectivity index (χ3v) is 3.05. The zero-order valence-corrected chi connectivity index (χ0v) is 10.9. The zero-order chi connectivity index (χ0) is 11.9. The first-order valence-electron chi connectivity index (χ1n) is 4.91. The summed E-state index contributed by atoms with van der Waals surface area (Å²) in [6.45, 7) is 3.47. The Bertz CT molecular complexity index is 572. The van der Waals surface area contributed by atoms with Gasteiger partial charge in [-0.3, -0.25) is 4.79 Å². The van der Waals surface area contributed by atoms with Crippen molar-refractivity contribution in [2.75, 3.05) is 7.11 Å². The highest BCUT2D eigenvalue weighted by Gasteiger charge is 2.15. The maximum atomic E-state index is 11.6. The highest BCUT2D eigenvalue weighted by atomic mass is 79.9. The van der Waals surface area contributed by atoms with Crippen molar-refractivity contribution in [1.82, 2.24) is 4.98 Å². The molecule has 0 aliphatic carbocycles. The fourth-order valence-electron chi connectivity index (χ4n) is 1.97. The number of H-pyrrole nitrogens is 1. The molecular formula is C12H12BrNO2. The summed E-state index contributed by atoms with van der Waals surface area (Å²) >= 11 is 3.41. The molecule has 0 aliphatic heterocycles. The molecule has 0 saturated carbocycles. The molecule has 4 heteroatoms. The van der Waals surface area contributed by atoms with Crippen LogP contribution >= 0.6 is 15.9 Å². The molecule has 2 aromatic rings. The molecule has 0 saturated heterocycles. The molecule has 0 radical (unpaired) electrons. The Morgan fingerprint density at radius 3 is 2.69 bits per heavy atom. The molecule has 3 nitrogen and oxygen atoms in total. The van der Waals surface area contributed by atoms with Gasteiger partial charge in [-0.1, -0.05) is 15.9 Å². The normalized spacial score (nSPS) is 10.8. The number of benzene rings is 1. The maximum absolute atomic E-state index is 11.6. The Kier molecular flexibility index (Phi) is 2.76. The van der Waals surface area contributed by atoms with E-state index in [1.165, 1.54) is 0 Å². The molecule has 0 fully saturated rings. The predicted molar refractivity (Wildman–Crippen MR) is 67.3 cm³/mol. The van der Waals surface area contributed by atoms with Crippen LogP contribution < -0.4 is 4.74 Å². The second-order valence-corrected chi connectivity index (χ2v) is 4.63. The molecule has 0 unspecified atom stereocenters. The number of carbonyl (C=O) groups excluding carboxylic acids is 1. The van der Waals surface area contributed by atoms with E-state index >= 15 is 0 Å². The first-order chi connectivity index (χ1) is 7.54. The molecule has 0 aliphatic rings. The SMILES string of the molecule is COc1cc(Br)cc2c(C(C)=O)c(C)[nH]c12. The van der Waals surface area contributed by atoms with Gasteiger partial charge in [0, 0.05) is 21.1 Å². The van der Waals surface area contributed by atoms with E-state index < -0.39 is 0 Å². The van der Waals surface area contributed by atoms with E-state index in [-0.39, 0.29) is 5.78 Å². The number of ketones is 1. The Hall–Kier alpha value is -1.29. The molecule has 1 heterocycles. The van der Waals surface area contributed by atoms with Crippen LogP contribution in [0.1, 0.15) is 23.0 Å². The number of rotatable bonds is 2. The fourth-order valence-corrected chi connectivity index (χ4v) is 2.41. The highest BCUT2D eigenvalue weighted by Crippen LogP contribution is 2.33. The van der Waals surface area contributed by atoms with Gasteiger partial charge < -0.3 is 9.72 Å². The number of halogens is 1. The van der Waals surface area contributed by atoms with Crippen LogP contribution in [0.5, 0.6) is 5.75 Å². The molecule has 0 bridgehead atoms. The van der Waals surface area contributed by atoms with E-state index in [1.54, 1.807) is 14.0 Å². The van der Waals surface area contributed by atoms with Crippen molar-refractivity contribution in [3.05, 3.63) is 27.9 Å². The lowest BCUT2D eigenvalue weighted by molar-refractivity contribution is 0.101. The van der Waals surface area contributed by atoms with Crippen molar-refractivity contribution in [2.45, 2.75) is 13.8 Å². The van der Waals surface area contributed by atoms with Gasteiger partial charge in [0.15, 0.2) is 5.78 Å². The summed E-state index contributed by atoms with van der Waals surface area (Å²) in [6, 6.07) is 3.81. The number of aromatic nitrogens is 1. The van der Waals surface area contributed by atoms with Crippen molar-refractivity contribution >= 4 is 32.6 Å². The van der Waals surface area contributed by atoms with Crippen LogP contribution in [0.4, 0.5) is 0 Å². The van der Waals surface area contributed by atoms with Gasteiger partial charge in [-0.2, -0.15) is 0 Å². The summed E-state index contributed by atoms with van der Waals surface area (Å²) in [4.78, 5) is 14.8. The van der Waals surface area contributed by atoms with Gasteiger partial charge in [-0.05, 0) is 26.0 Å². The first kappa shape index (κ1) is 11.2. The molecule has 1 aromatic heterocycles. The summed E-state index contributed by atoms with van der Waals surface area (Å²) in [6.07, 6.45) is 0.